The van der Waals surface area contributed by atoms with E-state index in [-0.39, 0.29) is 36.1 Å². The standard InChI is InChI=1S/C24H41NO3/c1-15(2)20-13-21(23(26)19-11-9-8-10-12-19)18(7)22(14-20)28-24(27)25(16(3)4)17(5)6/h16-17,19-21,23,26H,1,8-14H2,2-7H3/t20-,21-,23+/m1/s1. The van der Waals surface area contributed by atoms with E-state index in [1.54, 1.807) is 4.90 Å². The third-order valence-corrected chi connectivity index (χ3v) is 6.74. The van der Waals surface area contributed by atoms with Crippen molar-refractivity contribution in [1.82, 2.24) is 4.90 Å². The molecule has 2 rings (SSSR count). The molecule has 0 unspecified atom stereocenters. The van der Waals surface area contributed by atoms with Gasteiger partial charge in [-0.25, -0.2) is 4.79 Å². The Balaban J connectivity index is 2.25. The molecule has 1 amide bonds. The van der Waals surface area contributed by atoms with Crippen LogP contribution in [0.4, 0.5) is 4.79 Å². The Kier molecular flexibility index (Phi) is 8.18. The van der Waals surface area contributed by atoms with Crippen molar-refractivity contribution in [3.8, 4) is 0 Å². The van der Waals surface area contributed by atoms with E-state index in [1.165, 1.54) is 19.3 Å². The average Bonchev–Trinajstić information content (AvgIpc) is 2.62. The molecule has 0 aromatic heterocycles. The topological polar surface area (TPSA) is 49.8 Å². The van der Waals surface area contributed by atoms with Crippen molar-refractivity contribution >= 4 is 6.09 Å². The predicted octanol–water partition coefficient (Wildman–Crippen LogP) is 6.06. The van der Waals surface area contributed by atoms with Gasteiger partial charge in [0.2, 0.25) is 0 Å². The van der Waals surface area contributed by atoms with Gasteiger partial charge in [0.05, 0.1) is 6.10 Å². The van der Waals surface area contributed by atoms with Gasteiger partial charge in [0, 0.05) is 24.4 Å². The Hall–Kier alpha value is -1.29. The minimum absolute atomic E-state index is 0.0490. The van der Waals surface area contributed by atoms with Gasteiger partial charge >= 0.3 is 6.09 Å². The van der Waals surface area contributed by atoms with E-state index in [0.29, 0.717) is 12.3 Å². The van der Waals surface area contributed by atoms with Crippen LogP contribution < -0.4 is 0 Å². The van der Waals surface area contributed by atoms with Gasteiger partial charge in [-0.15, -0.1) is 0 Å². The summed E-state index contributed by atoms with van der Waals surface area (Å²) in [5.41, 5.74) is 2.16. The summed E-state index contributed by atoms with van der Waals surface area (Å²) in [5, 5.41) is 11.2. The highest BCUT2D eigenvalue weighted by molar-refractivity contribution is 5.69. The number of carbonyl (C=O) groups excluding carboxylic acids is 1. The molecular formula is C24H41NO3. The summed E-state index contributed by atoms with van der Waals surface area (Å²) in [6.07, 6.45) is 6.86. The van der Waals surface area contributed by atoms with Crippen molar-refractivity contribution < 1.29 is 14.6 Å². The van der Waals surface area contributed by atoms with E-state index in [4.69, 9.17) is 4.74 Å². The quantitative estimate of drug-likeness (QED) is 0.560. The Labute approximate surface area is 172 Å². The second-order valence-corrected chi connectivity index (χ2v) is 9.55. The van der Waals surface area contributed by atoms with E-state index in [2.05, 4.69) is 6.58 Å². The molecule has 160 valence electrons. The molecule has 0 aromatic carbocycles. The van der Waals surface area contributed by atoms with Crippen molar-refractivity contribution in [3.63, 3.8) is 0 Å². The largest absolute Gasteiger partial charge is 0.415 e. The number of ether oxygens (including phenoxy) is 1. The van der Waals surface area contributed by atoms with Crippen molar-refractivity contribution in [2.75, 3.05) is 0 Å². The number of aliphatic hydroxyl groups is 1. The fourth-order valence-electron chi connectivity index (χ4n) is 5.03. The fourth-order valence-corrected chi connectivity index (χ4v) is 5.03. The van der Waals surface area contributed by atoms with Crippen LogP contribution in [0.2, 0.25) is 0 Å². The zero-order valence-electron chi connectivity index (χ0n) is 18.8. The molecular weight excluding hydrogens is 350 g/mol. The summed E-state index contributed by atoms with van der Waals surface area (Å²) in [4.78, 5) is 14.7. The van der Waals surface area contributed by atoms with Crippen LogP contribution in [0.25, 0.3) is 0 Å². The van der Waals surface area contributed by atoms with Gasteiger partial charge in [-0.2, -0.15) is 0 Å². The normalized spacial score (nSPS) is 25.2. The first-order valence-electron chi connectivity index (χ1n) is 11.2. The summed E-state index contributed by atoms with van der Waals surface area (Å²) in [6, 6.07) is 0.162. The van der Waals surface area contributed by atoms with Crippen molar-refractivity contribution in [2.24, 2.45) is 17.8 Å². The van der Waals surface area contributed by atoms with E-state index in [0.717, 1.165) is 36.2 Å². The molecule has 2 aliphatic rings. The summed E-state index contributed by atoms with van der Waals surface area (Å²) < 4.78 is 5.95. The lowest BCUT2D eigenvalue weighted by molar-refractivity contribution is 0.0295. The lowest BCUT2D eigenvalue weighted by Gasteiger charge is -2.39. The Morgan fingerprint density at radius 1 is 1.14 bits per heavy atom. The molecule has 0 aliphatic heterocycles. The third-order valence-electron chi connectivity index (χ3n) is 6.74. The lowest BCUT2D eigenvalue weighted by Crippen LogP contribution is -2.43. The number of carbonyl (C=O) groups is 1. The summed E-state index contributed by atoms with van der Waals surface area (Å²) >= 11 is 0. The maximum Gasteiger partial charge on any atom is 0.415 e. The Morgan fingerprint density at radius 2 is 1.71 bits per heavy atom. The smallest absolute Gasteiger partial charge is 0.415 e. The number of hydrogen-bond donors (Lipinski definition) is 1. The van der Waals surface area contributed by atoms with Gasteiger partial charge < -0.3 is 14.7 Å². The van der Waals surface area contributed by atoms with Crippen LogP contribution in [0.5, 0.6) is 0 Å². The van der Waals surface area contributed by atoms with E-state index < -0.39 is 0 Å². The van der Waals surface area contributed by atoms with Crippen LogP contribution in [0.15, 0.2) is 23.5 Å². The lowest BCUT2D eigenvalue weighted by atomic mass is 9.70. The first kappa shape index (κ1) is 23.0. The third kappa shape index (κ3) is 5.40. The van der Waals surface area contributed by atoms with Gasteiger partial charge in [0.15, 0.2) is 0 Å². The van der Waals surface area contributed by atoms with Crippen LogP contribution in [0, 0.1) is 17.8 Å². The maximum absolute atomic E-state index is 12.9. The van der Waals surface area contributed by atoms with E-state index in [1.807, 2.05) is 41.5 Å². The summed E-state index contributed by atoms with van der Waals surface area (Å²) in [5.74, 6) is 1.40. The van der Waals surface area contributed by atoms with Gasteiger partial charge in [0.25, 0.3) is 0 Å². The molecule has 0 aromatic rings. The molecule has 2 aliphatic carbocycles. The molecule has 0 radical (unpaired) electrons. The Bertz CT molecular complexity index is 579. The zero-order valence-corrected chi connectivity index (χ0v) is 18.8. The number of rotatable bonds is 6. The summed E-state index contributed by atoms with van der Waals surface area (Å²) in [6.45, 7) is 16.3. The van der Waals surface area contributed by atoms with Crippen molar-refractivity contribution in [1.29, 1.82) is 0 Å². The number of allylic oxidation sites excluding steroid dienone is 2. The molecule has 0 spiro atoms. The number of aliphatic hydroxyl groups excluding tert-OH is 1. The van der Waals surface area contributed by atoms with Gasteiger partial charge in [-0.3, -0.25) is 0 Å². The molecule has 0 bridgehead atoms. The fraction of sp³-hybridized carbons (Fsp3) is 0.792. The van der Waals surface area contributed by atoms with Gasteiger partial charge in [0.1, 0.15) is 5.76 Å². The van der Waals surface area contributed by atoms with Crippen LogP contribution in [-0.2, 0) is 4.74 Å². The van der Waals surface area contributed by atoms with Crippen LogP contribution >= 0.6 is 0 Å². The Morgan fingerprint density at radius 3 is 2.21 bits per heavy atom. The SMILES string of the molecule is C=C(C)[C@H]1CC(OC(=O)N(C(C)C)C(C)C)=C(C)[C@H]([C@@H](O)C2CCCCC2)C1. The van der Waals surface area contributed by atoms with Crippen molar-refractivity contribution in [3.05, 3.63) is 23.5 Å². The van der Waals surface area contributed by atoms with Crippen LogP contribution in [0.1, 0.15) is 86.5 Å². The highest BCUT2D eigenvalue weighted by atomic mass is 16.6. The number of hydrogen-bond acceptors (Lipinski definition) is 3. The zero-order chi connectivity index (χ0) is 21.0. The molecule has 4 nitrogen and oxygen atoms in total. The highest BCUT2D eigenvalue weighted by Crippen LogP contribution is 2.42. The van der Waals surface area contributed by atoms with Gasteiger partial charge in [-0.05, 0) is 78.2 Å². The monoisotopic (exact) mass is 391 g/mol. The molecule has 1 saturated carbocycles. The molecule has 1 fully saturated rings. The van der Waals surface area contributed by atoms with E-state index in [9.17, 15) is 9.90 Å². The first-order valence-corrected chi connectivity index (χ1v) is 11.2. The van der Waals surface area contributed by atoms with E-state index >= 15 is 0 Å². The number of amides is 1. The van der Waals surface area contributed by atoms with Crippen LogP contribution in [-0.4, -0.2) is 34.3 Å². The van der Waals surface area contributed by atoms with Gasteiger partial charge in [-0.1, -0.05) is 31.4 Å². The molecule has 0 heterocycles. The molecule has 1 N–H and O–H groups in total. The second-order valence-electron chi connectivity index (χ2n) is 9.55. The summed E-state index contributed by atoms with van der Waals surface area (Å²) in [7, 11) is 0. The second kappa shape index (κ2) is 9.96. The predicted molar refractivity (Wildman–Crippen MR) is 115 cm³/mol. The highest BCUT2D eigenvalue weighted by Gasteiger charge is 2.37. The molecule has 0 saturated heterocycles. The maximum atomic E-state index is 12.9. The van der Waals surface area contributed by atoms with Crippen molar-refractivity contribution in [2.45, 2.75) is 105 Å². The molecule has 3 atom stereocenters. The minimum Gasteiger partial charge on any atom is -0.415 e. The van der Waals surface area contributed by atoms with Crippen LogP contribution in [0.3, 0.4) is 0 Å². The first-order chi connectivity index (χ1) is 13.1. The molecule has 4 heteroatoms. The molecule has 28 heavy (non-hydrogen) atoms. The minimum atomic E-state index is -0.359. The average molecular weight is 392 g/mol. The number of nitrogens with zero attached hydrogens (tertiary/aromatic N) is 1.